The second-order valence-electron chi connectivity index (χ2n) is 4.23. The number of nitrogens with two attached hydrogens (primary N) is 1. The van der Waals surface area contributed by atoms with Crippen molar-refractivity contribution in [3.8, 4) is 0 Å². The van der Waals surface area contributed by atoms with E-state index in [0.29, 0.717) is 10.8 Å². The molecule has 60 valence electrons. The minimum atomic E-state index is 0.304. The van der Waals surface area contributed by atoms with Gasteiger partial charge >= 0.3 is 0 Å². The molecule has 0 aromatic rings. The van der Waals surface area contributed by atoms with Crippen LogP contribution >= 0.6 is 0 Å². The third-order valence-electron chi connectivity index (χ3n) is 3.82. The zero-order chi connectivity index (χ0) is 8.44. The Kier molecular flexibility index (Phi) is 0.889. The van der Waals surface area contributed by atoms with Crippen molar-refractivity contribution in [1.29, 1.82) is 0 Å². The van der Waals surface area contributed by atoms with Crippen molar-refractivity contribution in [3.63, 3.8) is 0 Å². The third kappa shape index (κ3) is 0.472. The highest BCUT2D eigenvalue weighted by Crippen LogP contribution is 2.81. The number of hydrogen-bond acceptors (Lipinski definition) is 1. The summed E-state index contributed by atoms with van der Waals surface area (Å²) in [6.45, 7) is 10.5. The van der Waals surface area contributed by atoms with Crippen LogP contribution in [0.1, 0.15) is 27.2 Å². The summed E-state index contributed by atoms with van der Waals surface area (Å²) >= 11 is 0. The van der Waals surface area contributed by atoms with Crippen LogP contribution in [-0.4, -0.2) is 0 Å². The first-order valence-corrected chi connectivity index (χ1v) is 4.10. The fourth-order valence-electron chi connectivity index (χ4n) is 2.42. The smallest absolute Gasteiger partial charge is 0.0423 e. The Bertz CT molecular complexity index is 273. The molecular formula is C10H15N. The highest BCUT2D eigenvalue weighted by Gasteiger charge is 2.75. The van der Waals surface area contributed by atoms with Crippen molar-refractivity contribution in [2.45, 2.75) is 27.2 Å². The molecule has 0 heterocycles. The van der Waals surface area contributed by atoms with Crippen LogP contribution in [0, 0.1) is 10.8 Å². The van der Waals surface area contributed by atoms with E-state index in [1.165, 1.54) is 17.6 Å². The van der Waals surface area contributed by atoms with Gasteiger partial charge in [0.15, 0.2) is 0 Å². The van der Waals surface area contributed by atoms with E-state index in [2.05, 4.69) is 27.4 Å². The van der Waals surface area contributed by atoms with Gasteiger partial charge in [-0.25, -0.2) is 0 Å². The summed E-state index contributed by atoms with van der Waals surface area (Å²) in [5, 5.41) is 0. The predicted molar refractivity (Wildman–Crippen MR) is 46.9 cm³/mol. The Labute approximate surface area is 68.0 Å². The molecule has 1 spiro atoms. The van der Waals surface area contributed by atoms with Crippen LogP contribution in [0.2, 0.25) is 0 Å². The van der Waals surface area contributed by atoms with E-state index in [0.717, 1.165) is 5.70 Å². The van der Waals surface area contributed by atoms with Gasteiger partial charge in [-0.1, -0.05) is 19.1 Å². The standard InChI is InChI=1S/C10H15N/c1-6(2)9(4)5-10(9)7(3)8(10)11/h1,5,11H2,2-4H3. The largest absolute Gasteiger partial charge is 0.401 e. The molecule has 0 amide bonds. The van der Waals surface area contributed by atoms with Crippen LogP contribution in [0.5, 0.6) is 0 Å². The second-order valence-corrected chi connectivity index (χ2v) is 4.23. The molecule has 11 heavy (non-hydrogen) atoms. The summed E-state index contributed by atoms with van der Waals surface area (Å²) in [5.74, 6) is 0. The summed E-state index contributed by atoms with van der Waals surface area (Å²) in [6, 6.07) is 0. The Morgan fingerprint density at radius 1 is 1.64 bits per heavy atom. The summed E-state index contributed by atoms with van der Waals surface area (Å²) in [7, 11) is 0. The monoisotopic (exact) mass is 149 g/mol. The summed E-state index contributed by atoms with van der Waals surface area (Å²) in [4.78, 5) is 0. The van der Waals surface area contributed by atoms with Gasteiger partial charge in [-0.2, -0.15) is 0 Å². The van der Waals surface area contributed by atoms with Gasteiger partial charge in [0.25, 0.3) is 0 Å². The Balaban J connectivity index is 2.25. The van der Waals surface area contributed by atoms with E-state index in [1.54, 1.807) is 0 Å². The molecule has 0 aromatic heterocycles. The lowest BCUT2D eigenvalue weighted by atomic mass is 9.94. The highest BCUT2D eigenvalue weighted by atomic mass is 14.9. The van der Waals surface area contributed by atoms with E-state index in [1.807, 2.05) is 0 Å². The van der Waals surface area contributed by atoms with Crippen LogP contribution in [0.25, 0.3) is 0 Å². The van der Waals surface area contributed by atoms with E-state index < -0.39 is 0 Å². The summed E-state index contributed by atoms with van der Waals surface area (Å²) in [6.07, 6.45) is 1.20. The van der Waals surface area contributed by atoms with Gasteiger partial charge in [-0.05, 0) is 25.8 Å². The van der Waals surface area contributed by atoms with Crippen molar-refractivity contribution in [3.05, 3.63) is 23.4 Å². The third-order valence-corrected chi connectivity index (χ3v) is 3.82. The van der Waals surface area contributed by atoms with Crippen LogP contribution in [0.15, 0.2) is 23.4 Å². The molecule has 0 aromatic carbocycles. The number of hydrogen-bond donors (Lipinski definition) is 1. The van der Waals surface area contributed by atoms with Crippen molar-refractivity contribution >= 4 is 0 Å². The maximum atomic E-state index is 5.86. The van der Waals surface area contributed by atoms with Gasteiger partial charge in [0, 0.05) is 16.5 Å². The quantitative estimate of drug-likeness (QED) is 0.568. The Morgan fingerprint density at radius 2 is 2.09 bits per heavy atom. The SMILES string of the molecule is C=C(C)C1(C)CC12C(C)=C2N. The van der Waals surface area contributed by atoms with E-state index in [9.17, 15) is 0 Å². The Morgan fingerprint density at radius 3 is 2.18 bits per heavy atom. The van der Waals surface area contributed by atoms with E-state index in [-0.39, 0.29) is 0 Å². The van der Waals surface area contributed by atoms with Crippen LogP contribution in [-0.2, 0) is 0 Å². The molecule has 2 unspecified atom stereocenters. The lowest BCUT2D eigenvalue weighted by molar-refractivity contribution is 0.595. The van der Waals surface area contributed by atoms with Crippen molar-refractivity contribution in [1.82, 2.24) is 0 Å². The zero-order valence-electron chi connectivity index (χ0n) is 7.49. The van der Waals surface area contributed by atoms with Gasteiger partial charge in [0.05, 0.1) is 0 Å². The zero-order valence-corrected chi connectivity index (χ0v) is 7.49. The molecule has 1 nitrogen and oxygen atoms in total. The fraction of sp³-hybridized carbons (Fsp3) is 0.600. The van der Waals surface area contributed by atoms with Crippen LogP contribution in [0.4, 0.5) is 0 Å². The fourth-order valence-corrected chi connectivity index (χ4v) is 2.42. The van der Waals surface area contributed by atoms with Crippen molar-refractivity contribution in [2.75, 3.05) is 0 Å². The van der Waals surface area contributed by atoms with Gasteiger partial charge in [0.1, 0.15) is 0 Å². The van der Waals surface area contributed by atoms with Crippen LogP contribution in [0.3, 0.4) is 0 Å². The van der Waals surface area contributed by atoms with E-state index in [4.69, 9.17) is 5.73 Å². The molecule has 1 saturated carbocycles. The summed E-state index contributed by atoms with van der Waals surface area (Å²) in [5.41, 5.74) is 10.3. The highest BCUT2D eigenvalue weighted by molar-refractivity contribution is 5.60. The van der Waals surface area contributed by atoms with Crippen molar-refractivity contribution < 1.29 is 0 Å². The molecule has 2 aliphatic rings. The molecule has 1 fully saturated rings. The first-order valence-electron chi connectivity index (χ1n) is 4.10. The molecule has 0 aliphatic heterocycles. The van der Waals surface area contributed by atoms with Gasteiger partial charge in [-0.15, -0.1) is 0 Å². The molecule has 0 saturated heterocycles. The average Bonchev–Trinajstić information content (AvgIpc) is 2.68. The van der Waals surface area contributed by atoms with E-state index >= 15 is 0 Å². The topological polar surface area (TPSA) is 26.0 Å². The molecule has 1 heteroatoms. The maximum absolute atomic E-state index is 5.86. The van der Waals surface area contributed by atoms with Crippen molar-refractivity contribution in [2.24, 2.45) is 16.6 Å². The minimum absolute atomic E-state index is 0.304. The molecule has 2 rings (SSSR count). The maximum Gasteiger partial charge on any atom is 0.0423 e. The molecule has 2 atom stereocenters. The van der Waals surface area contributed by atoms with Gasteiger partial charge < -0.3 is 5.73 Å². The Hall–Kier alpha value is -0.720. The molecule has 2 aliphatic carbocycles. The molecule has 0 bridgehead atoms. The molecule has 2 N–H and O–H groups in total. The first kappa shape index (κ1) is 6.96. The van der Waals surface area contributed by atoms with Gasteiger partial charge in [-0.3, -0.25) is 0 Å². The van der Waals surface area contributed by atoms with Gasteiger partial charge in [0.2, 0.25) is 0 Å². The lowest BCUT2D eigenvalue weighted by Crippen LogP contribution is -2.04. The lowest BCUT2D eigenvalue weighted by Gasteiger charge is -2.09. The average molecular weight is 149 g/mol. The molecule has 0 radical (unpaired) electrons. The minimum Gasteiger partial charge on any atom is -0.401 e. The summed E-state index contributed by atoms with van der Waals surface area (Å²) < 4.78 is 0. The number of rotatable bonds is 1. The first-order chi connectivity index (χ1) is 4.97. The van der Waals surface area contributed by atoms with Crippen LogP contribution < -0.4 is 5.73 Å². The predicted octanol–water partition coefficient (Wildman–Crippen LogP) is 2.21. The second kappa shape index (κ2) is 1.40. The molecular weight excluding hydrogens is 134 g/mol. The number of allylic oxidation sites excluding steroid dienone is 3. The normalized spacial score (nSPS) is 46.5.